The Kier molecular flexibility index (Phi) is 8.63. The molecule has 0 spiro atoms. The molecule has 1 fully saturated rings. The molecule has 0 atom stereocenters. The number of hydrogen-bond acceptors (Lipinski definition) is 5. The third kappa shape index (κ3) is 6.97. The fourth-order valence-electron chi connectivity index (χ4n) is 4.28. The van der Waals surface area contributed by atoms with Crippen molar-refractivity contribution in [3.63, 3.8) is 0 Å². The highest BCUT2D eigenvalue weighted by Crippen LogP contribution is 2.26. The molecule has 0 saturated carbocycles. The maximum Gasteiger partial charge on any atom is 0.264 e. The first-order valence-electron chi connectivity index (χ1n) is 12.5. The van der Waals surface area contributed by atoms with Gasteiger partial charge in [0.15, 0.2) is 0 Å². The molecule has 0 aliphatic carbocycles. The van der Waals surface area contributed by atoms with E-state index in [4.69, 9.17) is 4.74 Å². The topological polar surface area (TPSA) is 79.0 Å². The van der Waals surface area contributed by atoms with Crippen molar-refractivity contribution in [2.75, 3.05) is 37.2 Å². The Morgan fingerprint density at radius 2 is 1.62 bits per heavy atom. The first-order chi connectivity index (χ1) is 17.7. The molecule has 1 N–H and O–H groups in total. The summed E-state index contributed by atoms with van der Waals surface area (Å²) in [6.07, 6.45) is 0. The van der Waals surface area contributed by atoms with Gasteiger partial charge in [-0.3, -0.25) is 14.0 Å². The summed E-state index contributed by atoms with van der Waals surface area (Å²) in [6.45, 7) is 9.96. The number of morpholine rings is 1. The molecule has 0 bridgehead atoms. The van der Waals surface area contributed by atoms with Crippen LogP contribution in [0.15, 0.2) is 71.6 Å². The van der Waals surface area contributed by atoms with Crippen LogP contribution in [-0.4, -0.2) is 52.1 Å². The predicted octanol–water partition coefficient (Wildman–Crippen LogP) is 3.96. The van der Waals surface area contributed by atoms with Gasteiger partial charge in [0.2, 0.25) is 5.91 Å². The first kappa shape index (κ1) is 26.9. The zero-order valence-electron chi connectivity index (χ0n) is 21.7. The molecule has 3 aromatic carbocycles. The van der Waals surface area contributed by atoms with E-state index in [0.29, 0.717) is 12.2 Å². The zero-order chi connectivity index (χ0) is 26.4. The maximum absolute atomic E-state index is 13.6. The molecule has 0 radical (unpaired) electrons. The molecule has 0 aromatic heterocycles. The van der Waals surface area contributed by atoms with E-state index in [-0.39, 0.29) is 17.3 Å². The van der Waals surface area contributed by atoms with Gasteiger partial charge in [-0.25, -0.2) is 8.42 Å². The van der Waals surface area contributed by atoms with Crippen LogP contribution in [0.25, 0.3) is 0 Å². The molecular formula is C29H35N3O4S. The highest BCUT2D eigenvalue weighted by atomic mass is 32.2. The number of rotatable bonds is 9. The van der Waals surface area contributed by atoms with Crippen LogP contribution in [0.3, 0.4) is 0 Å². The second-order valence-electron chi connectivity index (χ2n) is 9.58. The molecular weight excluding hydrogens is 486 g/mol. The Morgan fingerprint density at radius 3 is 2.32 bits per heavy atom. The number of ether oxygens (including phenoxy) is 1. The van der Waals surface area contributed by atoms with Crippen LogP contribution in [-0.2, 0) is 32.6 Å². The molecule has 3 aromatic rings. The van der Waals surface area contributed by atoms with E-state index >= 15 is 0 Å². The summed E-state index contributed by atoms with van der Waals surface area (Å²) in [7, 11) is -3.94. The molecule has 1 aliphatic rings. The molecule has 4 rings (SSSR count). The molecule has 1 saturated heterocycles. The summed E-state index contributed by atoms with van der Waals surface area (Å²) in [5, 5.41) is 2.91. The minimum Gasteiger partial charge on any atom is -0.379 e. The van der Waals surface area contributed by atoms with Crippen molar-refractivity contribution in [2.24, 2.45) is 0 Å². The largest absolute Gasteiger partial charge is 0.379 e. The number of hydrogen-bond donors (Lipinski definition) is 1. The number of carbonyl (C=O) groups is 1. The van der Waals surface area contributed by atoms with Gasteiger partial charge in [-0.15, -0.1) is 0 Å². The zero-order valence-corrected chi connectivity index (χ0v) is 22.6. The standard InChI is InChI=1S/C29H35N3O4S/c1-22-7-11-28(12-8-22)37(34,35)32(27-10-9-23(2)24(3)17-27)21-29(33)30-19-25-5-4-6-26(18-25)20-31-13-15-36-16-14-31/h4-12,17-18H,13-16,19-21H2,1-3H3,(H,30,33). The molecule has 0 unspecified atom stereocenters. The maximum atomic E-state index is 13.6. The molecule has 1 aliphatic heterocycles. The molecule has 37 heavy (non-hydrogen) atoms. The van der Waals surface area contributed by atoms with Crippen molar-refractivity contribution in [1.82, 2.24) is 10.2 Å². The minimum atomic E-state index is -3.94. The highest BCUT2D eigenvalue weighted by molar-refractivity contribution is 7.92. The van der Waals surface area contributed by atoms with E-state index in [1.807, 2.05) is 45.0 Å². The first-order valence-corrected chi connectivity index (χ1v) is 14.0. The molecule has 8 heteroatoms. The second kappa shape index (κ2) is 11.9. The molecule has 1 heterocycles. The van der Waals surface area contributed by atoms with Crippen LogP contribution >= 0.6 is 0 Å². The monoisotopic (exact) mass is 521 g/mol. The average Bonchev–Trinajstić information content (AvgIpc) is 2.89. The number of amides is 1. The van der Waals surface area contributed by atoms with Crippen LogP contribution in [0.1, 0.15) is 27.8 Å². The Bertz CT molecular complexity index is 1330. The normalized spacial score (nSPS) is 14.4. The van der Waals surface area contributed by atoms with Gasteiger partial charge in [0, 0.05) is 26.2 Å². The van der Waals surface area contributed by atoms with Crippen molar-refractivity contribution in [3.8, 4) is 0 Å². The molecule has 196 valence electrons. The molecule has 7 nitrogen and oxygen atoms in total. The van der Waals surface area contributed by atoms with Crippen LogP contribution in [0, 0.1) is 20.8 Å². The van der Waals surface area contributed by atoms with Gasteiger partial charge in [-0.1, -0.05) is 48.0 Å². The van der Waals surface area contributed by atoms with Gasteiger partial charge in [0.05, 0.1) is 23.8 Å². The molecule has 1 amide bonds. The van der Waals surface area contributed by atoms with Crippen molar-refractivity contribution in [2.45, 2.75) is 38.8 Å². The predicted molar refractivity (Wildman–Crippen MR) is 146 cm³/mol. The lowest BCUT2D eigenvalue weighted by molar-refractivity contribution is -0.119. The highest BCUT2D eigenvalue weighted by Gasteiger charge is 2.27. The summed E-state index contributed by atoms with van der Waals surface area (Å²) in [5.74, 6) is -0.368. The van der Waals surface area contributed by atoms with Crippen molar-refractivity contribution >= 4 is 21.6 Å². The van der Waals surface area contributed by atoms with E-state index in [2.05, 4.69) is 22.3 Å². The van der Waals surface area contributed by atoms with Crippen LogP contribution in [0.4, 0.5) is 5.69 Å². The van der Waals surface area contributed by atoms with Crippen LogP contribution in [0.5, 0.6) is 0 Å². The fourth-order valence-corrected chi connectivity index (χ4v) is 5.69. The number of nitrogens with one attached hydrogen (secondary N) is 1. The van der Waals surface area contributed by atoms with E-state index in [1.165, 1.54) is 9.87 Å². The number of benzene rings is 3. The minimum absolute atomic E-state index is 0.153. The lowest BCUT2D eigenvalue weighted by Gasteiger charge is -2.26. The summed E-state index contributed by atoms with van der Waals surface area (Å²) < 4.78 is 33.8. The third-order valence-corrected chi connectivity index (χ3v) is 8.45. The van der Waals surface area contributed by atoms with Gasteiger partial charge in [-0.2, -0.15) is 0 Å². The number of nitrogens with zero attached hydrogens (tertiary/aromatic N) is 2. The van der Waals surface area contributed by atoms with Crippen LogP contribution in [0.2, 0.25) is 0 Å². The Morgan fingerprint density at radius 1 is 0.919 bits per heavy atom. The fraction of sp³-hybridized carbons (Fsp3) is 0.345. The van der Waals surface area contributed by atoms with E-state index in [9.17, 15) is 13.2 Å². The summed E-state index contributed by atoms with van der Waals surface area (Å²) in [4.78, 5) is 15.5. The summed E-state index contributed by atoms with van der Waals surface area (Å²) >= 11 is 0. The number of sulfonamides is 1. The third-order valence-electron chi connectivity index (χ3n) is 6.67. The van der Waals surface area contributed by atoms with E-state index < -0.39 is 10.0 Å². The second-order valence-corrected chi connectivity index (χ2v) is 11.4. The summed E-state index contributed by atoms with van der Waals surface area (Å²) in [6, 6.07) is 20.2. The van der Waals surface area contributed by atoms with Crippen molar-refractivity contribution < 1.29 is 17.9 Å². The van der Waals surface area contributed by atoms with Gasteiger partial charge in [0.25, 0.3) is 10.0 Å². The Balaban J connectivity index is 1.49. The van der Waals surface area contributed by atoms with Crippen molar-refractivity contribution in [1.29, 1.82) is 0 Å². The number of carbonyl (C=O) groups excluding carboxylic acids is 1. The van der Waals surface area contributed by atoms with Gasteiger partial charge < -0.3 is 10.1 Å². The van der Waals surface area contributed by atoms with Crippen LogP contribution < -0.4 is 9.62 Å². The quantitative estimate of drug-likeness (QED) is 0.461. The average molecular weight is 522 g/mol. The Hall–Kier alpha value is -3.20. The smallest absolute Gasteiger partial charge is 0.264 e. The SMILES string of the molecule is Cc1ccc(S(=O)(=O)N(CC(=O)NCc2cccc(CN3CCOCC3)c2)c2ccc(C)c(C)c2)cc1. The van der Waals surface area contributed by atoms with Gasteiger partial charge in [-0.05, 0) is 67.3 Å². The van der Waals surface area contributed by atoms with Crippen molar-refractivity contribution in [3.05, 3.63) is 94.5 Å². The Labute approximate surface area is 220 Å². The lowest BCUT2D eigenvalue weighted by atomic mass is 10.1. The van der Waals surface area contributed by atoms with E-state index in [1.54, 1.807) is 30.3 Å². The van der Waals surface area contributed by atoms with E-state index in [0.717, 1.165) is 55.1 Å². The number of anilines is 1. The summed E-state index contributed by atoms with van der Waals surface area (Å²) in [5.41, 5.74) is 5.58. The van der Waals surface area contributed by atoms with Gasteiger partial charge >= 0.3 is 0 Å². The number of aryl methyl sites for hydroxylation is 3. The van der Waals surface area contributed by atoms with Gasteiger partial charge in [0.1, 0.15) is 6.54 Å². The lowest BCUT2D eigenvalue weighted by Crippen LogP contribution is -2.40.